The van der Waals surface area contributed by atoms with Crippen molar-refractivity contribution < 1.29 is 0 Å². The van der Waals surface area contributed by atoms with Gasteiger partial charge in [-0.15, -0.1) is 0 Å². The van der Waals surface area contributed by atoms with Crippen molar-refractivity contribution in [1.82, 2.24) is 9.97 Å². The van der Waals surface area contributed by atoms with E-state index in [1.807, 2.05) is 0 Å². The van der Waals surface area contributed by atoms with Gasteiger partial charge in [0.05, 0.1) is 12.4 Å². The van der Waals surface area contributed by atoms with Crippen molar-refractivity contribution in [3.63, 3.8) is 0 Å². The molecule has 0 aromatic carbocycles. The quantitative estimate of drug-likeness (QED) is 0.705. The van der Waals surface area contributed by atoms with Crippen LogP contribution >= 0.6 is 28.1 Å². The third kappa shape index (κ3) is 2.77. The fraction of sp³-hybridized carbons (Fsp3) is 0. The Balaban J connectivity index is 2.74. The van der Waals surface area contributed by atoms with Gasteiger partial charge in [-0.05, 0) is 28.1 Å². The van der Waals surface area contributed by atoms with E-state index in [2.05, 4.69) is 43.4 Å². The largest absolute Gasteiger partial charge is 0.376 e. The molecule has 0 fully saturated rings. The number of hydrogen-bond acceptors (Lipinski definition) is 3. The second kappa shape index (κ2) is 3.59. The summed E-state index contributed by atoms with van der Waals surface area (Å²) in [7, 11) is 0. The minimum absolute atomic E-state index is 0.182. The highest BCUT2D eigenvalue weighted by atomic mass is 79.9. The van der Waals surface area contributed by atoms with Crippen LogP contribution in [0.25, 0.3) is 0 Å². The van der Waals surface area contributed by atoms with Crippen LogP contribution in [0, 0.1) is 0 Å². The highest BCUT2D eigenvalue weighted by molar-refractivity contribution is 9.10. The van der Waals surface area contributed by atoms with E-state index in [9.17, 15) is 0 Å². The van der Waals surface area contributed by atoms with Crippen molar-refractivity contribution in [2.45, 2.75) is 0 Å². The van der Waals surface area contributed by atoms with E-state index in [0.29, 0.717) is 10.4 Å². The van der Waals surface area contributed by atoms with Gasteiger partial charge in [0.2, 0.25) is 0 Å². The molecule has 0 aliphatic heterocycles. The molecule has 0 radical (unpaired) electrons. The maximum absolute atomic E-state index is 5.20. The fourth-order valence-electron chi connectivity index (χ4n) is 0.503. The third-order valence-corrected chi connectivity index (χ3v) is 1.38. The number of nitrogens with one attached hydrogen (secondary N) is 1. The Morgan fingerprint density at radius 3 is 2.73 bits per heavy atom. The smallest absolute Gasteiger partial charge is 0.169 e. The summed E-state index contributed by atoms with van der Waals surface area (Å²) in [5.41, 5.74) is 5.20. The lowest BCUT2D eigenvalue weighted by Gasteiger charge is -1.99. The van der Waals surface area contributed by atoms with Crippen molar-refractivity contribution in [2.75, 3.05) is 5.32 Å². The maximum Gasteiger partial charge on any atom is 0.169 e. The molecule has 0 aliphatic rings. The normalized spacial score (nSPS) is 9.18. The minimum Gasteiger partial charge on any atom is -0.376 e. The van der Waals surface area contributed by atoms with Gasteiger partial charge in [-0.1, -0.05) is 0 Å². The van der Waals surface area contributed by atoms with Crippen LogP contribution < -0.4 is 11.1 Å². The molecule has 0 bridgehead atoms. The summed E-state index contributed by atoms with van der Waals surface area (Å²) in [6.07, 6.45) is 3.09. The van der Waals surface area contributed by atoms with Crippen LogP contribution in [0.1, 0.15) is 0 Å². The highest BCUT2D eigenvalue weighted by Crippen LogP contribution is 2.05. The molecule has 1 aromatic heterocycles. The lowest BCUT2D eigenvalue weighted by atomic mass is 10.6. The molecule has 11 heavy (non-hydrogen) atoms. The molecule has 1 aromatic rings. The summed E-state index contributed by atoms with van der Waals surface area (Å²) in [5.74, 6) is 0.542. The molecule has 0 unspecified atom stereocenters. The van der Waals surface area contributed by atoms with Gasteiger partial charge in [0.1, 0.15) is 4.60 Å². The Morgan fingerprint density at radius 2 is 2.27 bits per heavy atom. The average molecular weight is 233 g/mol. The molecule has 0 amide bonds. The number of aromatic nitrogens is 2. The van der Waals surface area contributed by atoms with Crippen LogP contribution in [0.2, 0.25) is 0 Å². The molecule has 0 saturated heterocycles. The first kappa shape index (κ1) is 8.35. The van der Waals surface area contributed by atoms with Crippen LogP contribution in [0.15, 0.2) is 17.0 Å². The molecule has 0 saturated carbocycles. The monoisotopic (exact) mass is 232 g/mol. The highest BCUT2D eigenvalue weighted by Gasteiger charge is 1.93. The van der Waals surface area contributed by atoms with Gasteiger partial charge in [0.25, 0.3) is 0 Å². The number of hydrogen-bond donors (Lipinski definition) is 2. The van der Waals surface area contributed by atoms with Crippen LogP contribution in [0.4, 0.5) is 5.82 Å². The second-order valence-corrected chi connectivity index (χ2v) is 2.97. The number of thiocarbonyl (C=S) groups is 1. The first-order valence-electron chi connectivity index (χ1n) is 2.72. The van der Waals surface area contributed by atoms with E-state index >= 15 is 0 Å². The lowest BCUT2D eigenvalue weighted by molar-refractivity contribution is 1.17. The van der Waals surface area contributed by atoms with E-state index in [1.54, 1.807) is 6.20 Å². The fourth-order valence-corrected chi connectivity index (χ4v) is 0.812. The molecule has 0 aliphatic carbocycles. The Morgan fingerprint density at radius 1 is 1.55 bits per heavy atom. The SMILES string of the molecule is NC(=S)Nc1cnc(Br)cn1. The Hall–Kier alpha value is -0.750. The Labute approximate surface area is 77.4 Å². The molecular weight excluding hydrogens is 228 g/mol. The molecule has 0 atom stereocenters. The number of nitrogens with zero attached hydrogens (tertiary/aromatic N) is 2. The molecule has 0 spiro atoms. The maximum atomic E-state index is 5.20. The number of halogens is 1. The van der Waals surface area contributed by atoms with Crippen molar-refractivity contribution >= 4 is 39.1 Å². The van der Waals surface area contributed by atoms with Crippen molar-refractivity contribution in [3.05, 3.63) is 17.0 Å². The molecule has 58 valence electrons. The van der Waals surface area contributed by atoms with E-state index in [0.717, 1.165) is 0 Å². The number of anilines is 1. The second-order valence-electron chi connectivity index (χ2n) is 1.71. The molecular formula is C5H5BrN4S. The van der Waals surface area contributed by atoms with Gasteiger partial charge in [0.15, 0.2) is 10.9 Å². The first-order chi connectivity index (χ1) is 5.18. The predicted octanol–water partition coefficient (Wildman–Crippen LogP) is 0.895. The van der Waals surface area contributed by atoms with Gasteiger partial charge in [0, 0.05) is 0 Å². The molecule has 4 nitrogen and oxygen atoms in total. The zero-order valence-corrected chi connectivity index (χ0v) is 7.82. The van der Waals surface area contributed by atoms with Crippen molar-refractivity contribution in [3.8, 4) is 0 Å². The summed E-state index contributed by atoms with van der Waals surface area (Å²) in [4.78, 5) is 7.84. The standard InChI is InChI=1S/C5H5BrN4S/c6-3-1-9-4(2-8-3)10-5(7)11/h1-2H,(H3,7,9,10,11). The van der Waals surface area contributed by atoms with E-state index in [-0.39, 0.29) is 5.11 Å². The van der Waals surface area contributed by atoms with E-state index in [1.165, 1.54) is 6.20 Å². The van der Waals surface area contributed by atoms with Crippen molar-refractivity contribution in [1.29, 1.82) is 0 Å². The van der Waals surface area contributed by atoms with Gasteiger partial charge in [-0.3, -0.25) is 0 Å². The number of rotatable bonds is 1. The minimum atomic E-state index is 0.182. The molecule has 1 heterocycles. The zero-order valence-electron chi connectivity index (χ0n) is 5.41. The van der Waals surface area contributed by atoms with Crippen LogP contribution in [0.5, 0.6) is 0 Å². The van der Waals surface area contributed by atoms with Gasteiger partial charge in [-0.2, -0.15) is 0 Å². The average Bonchev–Trinajstić information content (AvgIpc) is 1.93. The topological polar surface area (TPSA) is 63.8 Å². The summed E-state index contributed by atoms with van der Waals surface area (Å²) in [6.45, 7) is 0. The van der Waals surface area contributed by atoms with Crippen LogP contribution in [0.3, 0.4) is 0 Å². The van der Waals surface area contributed by atoms with Gasteiger partial charge >= 0.3 is 0 Å². The Kier molecular flexibility index (Phi) is 2.72. The molecule has 6 heteroatoms. The zero-order chi connectivity index (χ0) is 8.27. The van der Waals surface area contributed by atoms with Crippen molar-refractivity contribution in [2.24, 2.45) is 5.73 Å². The molecule has 1 rings (SSSR count). The van der Waals surface area contributed by atoms with Crippen LogP contribution in [-0.4, -0.2) is 15.1 Å². The molecule has 3 N–H and O–H groups in total. The van der Waals surface area contributed by atoms with Gasteiger partial charge < -0.3 is 11.1 Å². The summed E-state index contributed by atoms with van der Waals surface area (Å²) < 4.78 is 0.672. The predicted molar refractivity (Wildman–Crippen MR) is 50.1 cm³/mol. The first-order valence-corrected chi connectivity index (χ1v) is 3.92. The summed E-state index contributed by atoms with van der Waals surface area (Å²) >= 11 is 7.74. The third-order valence-electron chi connectivity index (χ3n) is 0.872. The van der Waals surface area contributed by atoms with Gasteiger partial charge in [-0.25, -0.2) is 9.97 Å². The summed E-state index contributed by atoms with van der Waals surface area (Å²) in [6, 6.07) is 0. The van der Waals surface area contributed by atoms with E-state index in [4.69, 9.17) is 5.73 Å². The Bertz CT molecular complexity index is 260. The summed E-state index contributed by atoms with van der Waals surface area (Å²) in [5, 5.41) is 2.83. The number of nitrogens with two attached hydrogens (primary N) is 1. The lowest BCUT2D eigenvalue weighted by Crippen LogP contribution is -2.19. The van der Waals surface area contributed by atoms with E-state index < -0.39 is 0 Å². The van der Waals surface area contributed by atoms with Crippen LogP contribution in [-0.2, 0) is 0 Å².